The second-order valence-electron chi connectivity index (χ2n) is 6.51. The molecule has 3 aromatic rings. The molecule has 1 heterocycles. The van der Waals surface area contributed by atoms with Gasteiger partial charge in [0.2, 0.25) is 5.91 Å². The summed E-state index contributed by atoms with van der Waals surface area (Å²) in [7, 11) is 0. The van der Waals surface area contributed by atoms with Crippen LogP contribution < -0.4 is 10.9 Å². The first-order valence-electron chi connectivity index (χ1n) is 8.57. The van der Waals surface area contributed by atoms with Crippen LogP contribution in [-0.2, 0) is 11.3 Å². The molecule has 0 aliphatic rings. The minimum Gasteiger partial charge on any atom is -0.332 e. The summed E-state index contributed by atoms with van der Waals surface area (Å²) in [5.74, 6) is 0.290. The number of hydrogen-bond donors (Lipinski definition) is 2. The predicted octanol–water partition coefficient (Wildman–Crippen LogP) is 4.21. The van der Waals surface area contributed by atoms with Crippen LogP contribution in [0.3, 0.4) is 0 Å². The quantitative estimate of drug-likeness (QED) is 0.664. The first-order valence-corrected chi connectivity index (χ1v) is 8.98. The molecule has 2 N–H and O–H groups in total. The Morgan fingerprint density at radius 3 is 2.54 bits per heavy atom. The number of aromatic nitrogens is 2. The highest BCUT2D eigenvalue weighted by Gasteiger charge is 2.08. The highest BCUT2D eigenvalue weighted by Crippen LogP contribution is 2.17. The van der Waals surface area contributed by atoms with Gasteiger partial charge >= 0.3 is 0 Å². The Kier molecular flexibility index (Phi) is 5.32. The van der Waals surface area contributed by atoms with Gasteiger partial charge in [-0.25, -0.2) is 0 Å². The van der Waals surface area contributed by atoms with Gasteiger partial charge in [0.25, 0.3) is 5.56 Å². The Labute approximate surface area is 156 Å². The van der Waals surface area contributed by atoms with Crippen LogP contribution in [0.1, 0.15) is 31.7 Å². The minimum absolute atomic E-state index is 0.156. The fourth-order valence-electron chi connectivity index (χ4n) is 2.79. The van der Waals surface area contributed by atoms with E-state index in [2.05, 4.69) is 24.1 Å². The maximum absolute atomic E-state index is 12.6. The van der Waals surface area contributed by atoms with Crippen LogP contribution >= 0.6 is 12.2 Å². The van der Waals surface area contributed by atoms with Crippen molar-refractivity contribution in [3.63, 3.8) is 0 Å². The second kappa shape index (κ2) is 7.66. The monoisotopic (exact) mass is 367 g/mol. The molecule has 6 heteroatoms. The molecule has 0 bridgehead atoms. The molecule has 0 spiro atoms. The van der Waals surface area contributed by atoms with E-state index < -0.39 is 0 Å². The minimum atomic E-state index is -0.182. The van der Waals surface area contributed by atoms with Crippen molar-refractivity contribution in [2.45, 2.75) is 32.7 Å². The topological polar surface area (TPSA) is 66.9 Å². The Morgan fingerprint density at radius 2 is 1.85 bits per heavy atom. The summed E-state index contributed by atoms with van der Waals surface area (Å²) in [6, 6.07) is 15.0. The third kappa shape index (κ3) is 3.91. The fraction of sp³-hybridized carbons (Fsp3) is 0.250. The van der Waals surface area contributed by atoms with Gasteiger partial charge in [-0.3, -0.25) is 14.2 Å². The van der Waals surface area contributed by atoms with E-state index in [4.69, 9.17) is 12.2 Å². The number of nitrogens with one attached hydrogen (secondary N) is 2. The molecular weight excluding hydrogens is 346 g/mol. The molecule has 1 amide bonds. The van der Waals surface area contributed by atoms with Crippen molar-refractivity contribution in [2.75, 3.05) is 5.32 Å². The third-order valence-electron chi connectivity index (χ3n) is 4.31. The van der Waals surface area contributed by atoms with E-state index in [1.54, 1.807) is 12.1 Å². The van der Waals surface area contributed by atoms with Gasteiger partial charge in [-0.1, -0.05) is 38.1 Å². The van der Waals surface area contributed by atoms with Crippen LogP contribution in [0.25, 0.3) is 10.9 Å². The Bertz CT molecular complexity index is 1050. The average molecular weight is 367 g/mol. The highest BCUT2D eigenvalue weighted by atomic mass is 32.1. The number of fused-ring (bicyclic) bond motifs is 1. The SMILES string of the molecule is CC(C)c1ccc(NC(=O)CCn2c(=S)[nH]c3ccccc3c2=O)cc1. The third-order valence-corrected chi connectivity index (χ3v) is 4.64. The molecule has 3 rings (SSSR count). The van der Waals surface area contributed by atoms with E-state index in [0.29, 0.717) is 21.6 Å². The van der Waals surface area contributed by atoms with E-state index >= 15 is 0 Å². The lowest BCUT2D eigenvalue weighted by Gasteiger charge is -2.10. The smallest absolute Gasteiger partial charge is 0.262 e. The molecule has 0 fully saturated rings. The van der Waals surface area contributed by atoms with Crippen molar-refractivity contribution in [1.29, 1.82) is 0 Å². The van der Waals surface area contributed by atoms with Crippen LogP contribution in [0.15, 0.2) is 53.3 Å². The van der Waals surface area contributed by atoms with E-state index in [1.165, 1.54) is 10.1 Å². The number of carbonyl (C=O) groups excluding carboxylic acids is 1. The van der Waals surface area contributed by atoms with E-state index in [1.807, 2.05) is 36.4 Å². The normalized spacial score (nSPS) is 11.0. The summed E-state index contributed by atoms with van der Waals surface area (Å²) >= 11 is 5.26. The van der Waals surface area contributed by atoms with Gasteiger partial charge in [0.1, 0.15) is 0 Å². The van der Waals surface area contributed by atoms with Gasteiger partial charge in [0.05, 0.1) is 10.9 Å². The van der Waals surface area contributed by atoms with Gasteiger partial charge in [-0.15, -0.1) is 0 Å². The molecule has 0 radical (unpaired) electrons. The van der Waals surface area contributed by atoms with Crippen molar-refractivity contribution in [2.24, 2.45) is 0 Å². The summed E-state index contributed by atoms with van der Waals surface area (Å²) in [5.41, 5.74) is 2.49. The van der Waals surface area contributed by atoms with Gasteiger partial charge < -0.3 is 10.3 Å². The molecule has 0 unspecified atom stereocenters. The Hall–Kier alpha value is -2.73. The highest BCUT2D eigenvalue weighted by molar-refractivity contribution is 7.71. The van der Waals surface area contributed by atoms with Crippen LogP contribution in [0.5, 0.6) is 0 Å². The van der Waals surface area contributed by atoms with Crippen LogP contribution in [-0.4, -0.2) is 15.5 Å². The average Bonchev–Trinajstić information content (AvgIpc) is 2.62. The first-order chi connectivity index (χ1) is 12.5. The lowest BCUT2D eigenvalue weighted by atomic mass is 10.0. The van der Waals surface area contributed by atoms with Gasteiger partial charge in [-0.2, -0.15) is 0 Å². The number of rotatable bonds is 5. The molecule has 0 aliphatic heterocycles. The molecule has 0 atom stereocenters. The maximum atomic E-state index is 12.6. The summed E-state index contributed by atoms with van der Waals surface area (Å²) < 4.78 is 1.75. The number of aromatic amines is 1. The first kappa shape index (κ1) is 18.1. The second-order valence-corrected chi connectivity index (χ2v) is 6.89. The molecule has 5 nitrogen and oxygen atoms in total. The molecule has 26 heavy (non-hydrogen) atoms. The van der Waals surface area contributed by atoms with Crippen LogP contribution in [0.4, 0.5) is 5.69 Å². The van der Waals surface area contributed by atoms with Crippen LogP contribution in [0, 0.1) is 4.77 Å². The number of carbonyl (C=O) groups is 1. The van der Waals surface area contributed by atoms with E-state index in [9.17, 15) is 9.59 Å². The Morgan fingerprint density at radius 1 is 1.15 bits per heavy atom. The van der Waals surface area contributed by atoms with Crippen molar-refractivity contribution in [3.05, 3.63) is 69.2 Å². The van der Waals surface area contributed by atoms with Gasteiger partial charge in [0.15, 0.2) is 4.77 Å². The largest absolute Gasteiger partial charge is 0.332 e. The van der Waals surface area contributed by atoms with Gasteiger partial charge in [-0.05, 0) is 48.0 Å². The molecule has 0 saturated carbocycles. The molecule has 0 saturated heterocycles. The lowest BCUT2D eigenvalue weighted by molar-refractivity contribution is -0.116. The van der Waals surface area contributed by atoms with Crippen molar-refractivity contribution in [3.8, 4) is 0 Å². The number of anilines is 1. The molecular formula is C20H21N3O2S. The summed E-state index contributed by atoms with van der Waals surface area (Å²) in [5, 5.41) is 3.42. The summed E-state index contributed by atoms with van der Waals surface area (Å²) in [6.45, 7) is 4.48. The number of nitrogens with zero attached hydrogens (tertiary/aromatic N) is 1. The van der Waals surface area contributed by atoms with E-state index in [0.717, 1.165) is 5.69 Å². The molecule has 134 valence electrons. The number of benzene rings is 2. The summed E-state index contributed by atoms with van der Waals surface area (Å²) in [4.78, 5) is 27.8. The van der Waals surface area contributed by atoms with Crippen molar-refractivity contribution in [1.82, 2.24) is 9.55 Å². The summed E-state index contributed by atoms with van der Waals surface area (Å²) in [6.07, 6.45) is 0.168. The van der Waals surface area contributed by atoms with Crippen LogP contribution in [0.2, 0.25) is 0 Å². The lowest BCUT2D eigenvalue weighted by Crippen LogP contribution is -2.25. The molecule has 0 aliphatic carbocycles. The number of H-pyrrole nitrogens is 1. The number of para-hydroxylation sites is 1. The van der Waals surface area contributed by atoms with Crippen molar-refractivity contribution >= 4 is 34.7 Å². The maximum Gasteiger partial charge on any atom is 0.262 e. The predicted molar refractivity (Wildman–Crippen MR) is 107 cm³/mol. The zero-order valence-electron chi connectivity index (χ0n) is 14.8. The van der Waals surface area contributed by atoms with Gasteiger partial charge in [0, 0.05) is 18.7 Å². The zero-order valence-corrected chi connectivity index (χ0v) is 15.6. The zero-order chi connectivity index (χ0) is 18.7. The van der Waals surface area contributed by atoms with Crippen molar-refractivity contribution < 1.29 is 4.79 Å². The van der Waals surface area contributed by atoms with E-state index in [-0.39, 0.29) is 24.4 Å². The molecule has 2 aromatic carbocycles. The molecule has 1 aromatic heterocycles. The standard InChI is InChI=1S/C20H21N3O2S/c1-13(2)14-7-9-15(10-8-14)21-18(24)11-12-23-19(25)16-5-3-4-6-17(16)22-20(23)26/h3-10,13H,11-12H2,1-2H3,(H,21,24)(H,22,26). The fourth-order valence-corrected chi connectivity index (χ4v) is 3.07. The number of hydrogen-bond acceptors (Lipinski definition) is 3. The number of amides is 1. The Balaban J connectivity index is 1.71.